The monoisotopic (exact) mass is 379 g/mol. The lowest BCUT2D eigenvalue weighted by Gasteiger charge is -2.21. The molecule has 1 fully saturated rings. The van der Waals surface area contributed by atoms with Crippen molar-refractivity contribution in [2.24, 2.45) is 0 Å². The van der Waals surface area contributed by atoms with Crippen molar-refractivity contribution in [3.05, 3.63) is 29.8 Å². The first-order valence-corrected chi connectivity index (χ1v) is 9.56. The van der Waals surface area contributed by atoms with Gasteiger partial charge in [-0.1, -0.05) is 6.07 Å². The van der Waals surface area contributed by atoms with E-state index in [9.17, 15) is 23.3 Å². The van der Waals surface area contributed by atoms with Gasteiger partial charge >= 0.3 is 5.97 Å². The highest BCUT2D eigenvalue weighted by atomic mass is 32.2. The van der Waals surface area contributed by atoms with E-state index in [0.29, 0.717) is 12.8 Å². The molecule has 0 aliphatic heterocycles. The summed E-state index contributed by atoms with van der Waals surface area (Å²) in [5.41, 5.74) is -0.861. The fourth-order valence-electron chi connectivity index (χ4n) is 2.76. The summed E-state index contributed by atoms with van der Waals surface area (Å²) in [6.45, 7) is -0.535. The van der Waals surface area contributed by atoms with Gasteiger partial charge in [-0.3, -0.25) is 4.79 Å². The van der Waals surface area contributed by atoms with Gasteiger partial charge in [-0.15, -0.1) is 0 Å². The topological polar surface area (TPSA) is 117 Å². The summed E-state index contributed by atoms with van der Waals surface area (Å²) < 4.78 is 30.2. The molecule has 0 spiro atoms. The number of benzene rings is 1. The molecule has 1 aliphatic rings. The number of hydrogen-bond acceptors (Lipinski definition) is 6. The molecule has 1 aliphatic carbocycles. The molecule has 26 heavy (non-hydrogen) atoms. The van der Waals surface area contributed by atoms with Crippen LogP contribution < -0.4 is 5.32 Å². The maximum atomic E-state index is 12.1. The third kappa shape index (κ3) is 4.39. The number of sulfonamides is 1. The van der Waals surface area contributed by atoms with E-state index < -0.39 is 34.0 Å². The molecule has 9 heteroatoms. The highest BCUT2D eigenvalue weighted by Crippen LogP contribution is 2.28. The Morgan fingerprint density at radius 3 is 2.54 bits per heavy atom. The van der Waals surface area contributed by atoms with E-state index in [0.717, 1.165) is 17.1 Å². The van der Waals surface area contributed by atoms with Crippen molar-refractivity contribution in [3.63, 3.8) is 0 Å². The summed E-state index contributed by atoms with van der Waals surface area (Å²) >= 11 is 0. The van der Waals surface area contributed by atoms with Gasteiger partial charge in [0.15, 0.2) is 6.61 Å². The first-order valence-electron chi connectivity index (χ1n) is 8.12. The number of carbonyl (C=O) groups excluding carboxylic acids is 2. The quantitative estimate of drug-likeness (QED) is 0.738. The third-order valence-electron chi connectivity index (χ3n) is 4.23. The van der Waals surface area contributed by atoms with Gasteiger partial charge in [0.25, 0.3) is 5.91 Å². The second-order valence-corrected chi connectivity index (χ2v) is 8.49. The van der Waals surface area contributed by atoms with Crippen LogP contribution in [0.4, 0.5) is 0 Å². The normalized spacial score (nSPS) is 16.1. The van der Waals surface area contributed by atoms with Crippen molar-refractivity contribution in [3.8, 4) is 6.07 Å². The average Bonchev–Trinajstić information content (AvgIpc) is 3.08. The Morgan fingerprint density at radius 2 is 1.96 bits per heavy atom. The van der Waals surface area contributed by atoms with E-state index in [-0.39, 0.29) is 10.5 Å². The van der Waals surface area contributed by atoms with Crippen molar-refractivity contribution in [1.29, 1.82) is 5.26 Å². The summed E-state index contributed by atoms with van der Waals surface area (Å²) in [6, 6.07) is 7.52. The predicted octanol–water partition coefficient (Wildman–Crippen LogP) is 1.05. The van der Waals surface area contributed by atoms with E-state index >= 15 is 0 Å². The van der Waals surface area contributed by atoms with Crippen molar-refractivity contribution in [2.75, 3.05) is 20.7 Å². The van der Waals surface area contributed by atoms with Crippen LogP contribution in [0.25, 0.3) is 0 Å². The Balaban J connectivity index is 2.00. The molecule has 0 aromatic heterocycles. The second kappa shape index (κ2) is 7.85. The summed E-state index contributed by atoms with van der Waals surface area (Å²) in [7, 11) is -0.906. The minimum Gasteiger partial charge on any atom is -0.452 e. The van der Waals surface area contributed by atoms with Crippen molar-refractivity contribution < 1.29 is 22.7 Å². The van der Waals surface area contributed by atoms with Crippen LogP contribution in [-0.2, 0) is 19.6 Å². The van der Waals surface area contributed by atoms with Crippen LogP contribution in [0, 0.1) is 11.3 Å². The SMILES string of the molecule is CN(C)S(=O)(=O)c1cccc(C(=O)OCC(=O)NC2(C#N)CCCC2)c1. The zero-order valence-electron chi connectivity index (χ0n) is 14.7. The minimum absolute atomic E-state index is 0.0246. The third-order valence-corrected chi connectivity index (χ3v) is 6.04. The second-order valence-electron chi connectivity index (χ2n) is 6.34. The van der Waals surface area contributed by atoms with Crippen LogP contribution in [0.3, 0.4) is 0 Å². The number of nitrogens with zero attached hydrogens (tertiary/aromatic N) is 2. The highest BCUT2D eigenvalue weighted by Gasteiger charge is 2.35. The zero-order chi connectivity index (χ0) is 19.4. The molecule has 1 aromatic carbocycles. The summed E-state index contributed by atoms with van der Waals surface area (Å²) in [6.07, 6.45) is 2.88. The van der Waals surface area contributed by atoms with Crippen LogP contribution in [0.5, 0.6) is 0 Å². The number of nitrogens with one attached hydrogen (secondary N) is 1. The van der Waals surface area contributed by atoms with Gasteiger partial charge in [0.1, 0.15) is 5.54 Å². The molecule has 2 rings (SSSR count). The molecule has 0 saturated heterocycles. The maximum Gasteiger partial charge on any atom is 0.338 e. The van der Waals surface area contributed by atoms with Crippen LogP contribution in [0.2, 0.25) is 0 Å². The summed E-state index contributed by atoms with van der Waals surface area (Å²) in [5, 5.41) is 11.9. The molecule has 1 amide bonds. The first-order chi connectivity index (χ1) is 12.2. The van der Waals surface area contributed by atoms with Gasteiger partial charge in [-0.2, -0.15) is 5.26 Å². The molecule has 1 saturated carbocycles. The van der Waals surface area contributed by atoms with Gasteiger partial charge in [0, 0.05) is 14.1 Å². The molecule has 140 valence electrons. The molecule has 0 unspecified atom stereocenters. The number of ether oxygens (including phenoxy) is 1. The highest BCUT2D eigenvalue weighted by molar-refractivity contribution is 7.89. The first kappa shape index (κ1) is 19.9. The molecule has 8 nitrogen and oxygen atoms in total. The van der Waals surface area contributed by atoms with Gasteiger partial charge in [-0.25, -0.2) is 17.5 Å². The molecule has 0 atom stereocenters. The van der Waals surface area contributed by atoms with E-state index in [1.54, 1.807) is 0 Å². The largest absolute Gasteiger partial charge is 0.452 e. The zero-order valence-corrected chi connectivity index (χ0v) is 15.5. The molecular weight excluding hydrogens is 358 g/mol. The Bertz CT molecular complexity index is 836. The van der Waals surface area contributed by atoms with Gasteiger partial charge < -0.3 is 10.1 Å². The van der Waals surface area contributed by atoms with Gasteiger partial charge in [-0.05, 0) is 43.9 Å². The predicted molar refractivity (Wildman–Crippen MR) is 92.6 cm³/mol. The Morgan fingerprint density at radius 1 is 1.31 bits per heavy atom. The number of rotatable bonds is 6. The van der Waals surface area contributed by atoms with Gasteiger partial charge in [0.05, 0.1) is 16.5 Å². The fraction of sp³-hybridized carbons (Fsp3) is 0.471. The number of esters is 1. The number of hydrogen-bond donors (Lipinski definition) is 1. The van der Waals surface area contributed by atoms with Crippen LogP contribution >= 0.6 is 0 Å². The Labute approximate surface area is 152 Å². The van der Waals surface area contributed by atoms with E-state index in [2.05, 4.69) is 11.4 Å². The van der Waals surface area contributed by atoms with E-state index in [1.807, 2.05) is 0 Å². The molecule has 1 aromatic rings. The van der Waals surface area contributed by atoms with Crippen LogP contribution in [0.1, 0.15) is 36.0 Å². The van der Waals surface area contributed by atoms with E-state index in [4.69, 9.17) is 4.74 Å². The Kier molecular flexibility index (Phi) is 6.00. The number of carbonyl (C=O) groups is 2. The molecule has 0 heterocycles. The van der Waals surface area contributed by atoms with Crippen molar-refractivity contribution in [1.82, 2.24) is 9.62 Å². The molecular formula is C17H21N3O5S. The molecule has 1 N–H and O–H groups in total. The Hall–Kier alpha value is -2.44. The number of nitriles is 1. The van der Waals surface area contributed by atoms with Crippen molar-refractivity contribution >= 4 is 21.9 Å². The lowest BCUT2D eigenvalue weighted by Crippen LogP contribution is -2.46. The van der Waals surface area contributed by atoms with Crippen LogP contribution in [0.15, 0.2) is 29.2 Å². The average molecular weight is 379 g/mol. The molecule has 0 bridgehead atoms. The standard InChI is InChI=1S/C17H21N3O5S/c1-20(2)26(23,24)14-7-5-6-13(10-14)16(22)25-11-15(21)19-17(12-18)8-3-4-9-17/h5-7,10H,3-4,8-9,11H2,1-2H3,(H,19,21). The van der Waals surface area contributed by atoms with Crippen molar-refractivity contribution in [2.45, 2.75) is 36.1 Å². The lowest BCUT2D eigenvalue weighted by molar-refractivity contribution is -0.125. The van der Waals surface area contributed by atoms with Crippen LogP contribution in [-0.4, -0.2) is 50.8 Å². The van der Waals surface area contributed by atoms with Gasteiger partial charge in [0.2, 0.25) is 10.0 Å². The van der Waals surface area contributed by atoms with E-state index in [1.165, 1.54) is 38.4 Å². The fourth-order valence-corrected chi connectivity index (χ4v) is 3.70. The summed E-state index contributed by atoms with van der Waals surface area (Å²) in [4.78, 5) is 24.0. The number of amides is 1. The minimum atomic E-state index is -3.68. The molecule has 0 radical (unpaired) electrons. The lowest BCUT2D eigenvalue weighted by atomic mass is 10.00. The smallest absolute Gasteiger partial charge is 0.338 e. The maximum absolute atomic E-state index is 12.1. The summed E-state index contributed by atoms with van der Waals surface area (Å²) in [5.74, 6) is -1.37.